The molecule has 0 radical (unpaired) electrons. The first-order chi connectivity index (χ1) is 25.1. The van der Waals surface area contributed by atoms with E-state index >= 15 is 0 Å². The van der Waals surface area contributed by atoms with Gasteiger partial charge in [0.2, 0.25) is 5.71 Å². The molecule has 2 aliphatic carbocycles. The van der Waals surface area contributed by atoms with Gasteiger partial charge in [0.15, 0.2) is 0 Å². The topological polar surface area (TPSA) is 24.7 Å². The van der Waals surface area contributed by atoms with Crippen LogP contribution in [0.3, 0.4) is 0 Å². The number of methoxy groups -OCH3 is 2. The van der Waals surface area contributed by atoms with Crippen molar-refractivity contribution in [1.29, 1.82) is 0 Å². The molecule has 4 nitrogen and oxygen atoms in total. The van der Waals surface area contributed by atoms with E-state index in [1.807, 2.05) is 14.2 Å². The third kappa shape index (κ3) is 14.8. The minimum absolute atomic E-state index is 0.981. The molecule has 0 saturated carbocycles. The van der Waals surface area contributed by atoms with E-state index in [1.54, 1.807) is 0 Å². The molecule has 3 rings (SSSR count). The Morgan fingerprint density at radius 1 is 0.490 bits per heavy atom. The minimum Gasteiger partial charge on any atom is -0.496 e. The molecule has 0 heterocycles. The lowest BCUT2D eigenvalue weighted by atomic mass is 9.94. The maximum atomic E-state index is 6.15. The van der Waals surface area contributed by atoms with Crippen molar-refractivity contribution in [2.45, 2.75) is 182 Å². The minimum atomic E-state index is 0.981. The van der Waals surface area contributed by atoms with Crippen LogP contribution in [0.25, 0.3) is 11.6 Å². The summed E-state index contributed by atoms with van der Waals surface area (Å²) in [4.78, 5) is 2.67. The Kier molecular flexibility index (Phi) is 22.1. The Bertz CT molecular complexity index is 1200. The van der Waals surface area contributed by atoms with Crippen molar-refractivity contribution in [3.05, 3.63) is 46.7 Å². The lowest BCUT2D eigenvalue weighted by Gasteiger charge is -2.27. The van der Waals surface area contributed by atoms with E-state index < -0.39 is 0 Å². The molecule has 0 spiro atoms. The number of ether oxygens (including phenoxy) is 2. The number of fused-ring (bicyclic) bond motifs is 3. The van der Waals surface area contributed by atoms with Crippen molar-refractivity contribution in [3.8, 4) is 5.75 Å². The SMILES string of the molecule is CCCCCCCCN(CCCCCCCC)c1cc(OC)c2c(c1)C1=CC(=[N+](CCCCCCCC)CCCCCCCC)C=C(OC)C1=C2. The number of hydrogen-bond acceptors (Lipinski definition) is 3. The number of benzene rings is 1. The molecule has 288 valence electrons. The summed E-state index contributed by atoms with van der Waals surface area (Å²) in [6, 6.07) is 4.79. The van der Waals surface area contributed by atoms with Crippen molar-refractivity contribution in [3.63, 3.8) is 0 Å². The highest BCUT2D eigenvalue weighted by Crippen LogP contribution is 2.47. The quantitative estimate of drug-likeness (QED) is 0.0568. The fraction of sp³-hybridized carbons (Fsp3) is 0.723. The van der Waals surface area contributed by atoms with E-state index in [0.717, 1.165) is 37.7 Å². The molecule has 0 unspecified atom stereocenters. The summed E-state index contributed by atoms with van der Waals surface area (Å²) in [5.41, 5.74) is 7.63. The average Bonchev–Trinajstić information content (AvgIpc) is 3.53. The van der Waals surface area contributed by atoms with Crippen molar-refractivity contribution in [1.82, 2.24) is 0 Å². The summed E-state index contributed by atoms with van der Waals surface area (Å²) >= 11 is 0. The highest BCUT2D eigenvalue weighted by Gasteiger charge is 2.31. The third-order valence-electron chi connectivity index (χ3n) is 11.1. The van der Waals surface area contributed by atoms with Crippen LogP contribution in [0.1, 0.15) is 193 Å². The Hall–Kier alpha value is -2.49. The van der Waals surface area contributed by atoms with Crippen LogP contribution in [0.15, 0.2) is 35.6 Å². The molecule has 0 bridgehead atoms. The van der Waals surface area contributed by atoms with Gasteiger partial charge in [-0.15, -0.1) is 0 Å². The maximum absolute atomic E-state index is 6.15. The van der Waals surface area contributed by atoms with Crippen LogP contribution in [0.2, 0.25) is 0 Å². The van der Waals surface area contributed by atoms with Crippen LogP contribution in [0, 0.1) is 0 Å². The molecule has 0 aromatic heterocycles. The van der Waals surface area contributed by atoms with E-state index in [4.69, 9.17) is 9.47 Å². The molecule has 0 saturated heterocycles. The van der Waals surface area contributed by atoms with Gasteiger partial charge in [0.25, 0.3) is 0 Å². The van der Waals surface area contributed by atoms with E-state index in [-0.39, 0.29) is 0 Å². The van der Waals surface area contributed by atoms with Crippen molar-refractivity contribution >= 4 is 23.0 Å². The van der Waals surface area contributed by atoms with E-state index in [1.165, 1.54) is 188 Å². The highest BCUT2D eigenvalue weighted by atomic mass is 16.5. The first-order valence-corrected chi connectivity index (χ1v) is 21.9. The molecule has 1 aromatic carbocycles. The van der Waals surface area contributed by atoms with Gasteiger partial charge in [-0.1, -0.05) is 143 Å². The predicted molar refractivity (Wildman–Crippen MR) is 225 cm³/mol. The molecule has 0 amide bonds. The molecule has 0 N–H and O–H groups in total. The number of hydrogen-bond donors (Lipinski definition) is 0. The Labute approximate surface area is 315 Å². The van der Waals surface area contributed by atoms with Crippen LogP contribution in [-0.2, 0) is 4.74 Å². The average molecular weight is 704 g/mol. The molecule has 1 aromatic rings. The third-order valence-corrected chi connectivity index (χ3v) is 11.1. The fourth-order valence-corrected chi connectivity index (χ4v) is 7.89. The first kappa shape index (κ1) is 42.9. The maximum Gasteiger partial charge on any atom is 0.204 e. The molecular weight excluding hydrogens is 625 g/mol. The van der Waals surface area contributed by atoms with Crippen molar-refractivity contribution in [2.75, 3.05) is 45.3 Å². The predicted octanol–water partition coefficient (Wildman–Crippen LogP) is 13.7. The van der Waals surface area contributed by atoms with E-state index in [2.05, 4.69) is 67.5 Å². The van der Waals surface area contributed by atoms with Gasteiger partial charge < -0.3 is 14.4 Å². The van der Waals surface area contributed by atoms with Gasteiger partial charge in [0, 0.05) is 54.9 Å². The van der Waals surface area contributed by atoms with Crippen molar-refractivity contribution in [2.24, 2.45) is 0 Å². The van der Waals surface area contributed by atoms with Crippen LogP contribution < -0.4 is 9.64 Å². The second-order valence-electron chi connectivity index (χ2n) is 15.4. The number of allylic oxidation sites excluding steroid dienone is 3. The number of nitrogens with zero attached hydrogens (tertiary/aromatic N) is 2. The zero-order valence-electron chi connectivity index (χ0n) is 34.4. The van der Waals surface area contributed by atoms with Gasteiger partial charge in [0.05, 0.1) is 20.3 Å². The van der Waals surface area contributed by atoms with Crippen LogP contribution >= 0.6 is 0 Å². The largest absolute Gasteiger partial charge is 0.496 e. The van der Waals surface area contributed by atoms with Crippen LogP contribution in [-0.4, -0.2) is 50.7 Å². The molecule has 4 heteroatoms. The number of anilines is 1. The number of unbranched alkanes of at least 4 members (excludes halogenated alkanes) is 20. The smallest absolute Gasteiger partial charge is 0.204 e. The van der Waals surface area contributed by atoms with E-state index in [0.29, 0.717) is 0 Å². The second kappa shape index (κ2) is 26.3. The lowest BCUT2D eigenvalue weighted by molar-refractivity contribution is -0.527. The standard InChI is InChI=1S/C47H79N2O2/c1-7-11-15-19-23-27-31-48(32-28-24-20-16-12-8-2)40-35-42-43-36-41(38-47(51-6)45(43)39-44(42)46(37-40)50-5)49(33-29-25-21-17-13-9-3)34-30-26-22-18-14-10-4/h35-39H,7-34H2,1-6H3/q+1. The molecule has 0 aliphatic heterocycles. The molecular formula is C47H79N2O2+. The summed E-state index contributed by atoms with van der Waals surface area (Å²) in [6.45, 7) is 13.7. The number of rotatable bonds is 31. The molecule has 2 aliphatic rings. The Balaban J connectivity index is 1.91. The van der Waals surface area contributed by atoms with Gasteiger partial charge in [0.1, 0.15) is 24.6 Å². The van der Waals surface area contributed by atoms with Crippen LogP contribution in [0.4, 0.5) is 5.69 Å². The summed E-state index contributed by atoms with van der Waals surface area (Å²) in [7, 11) is 3.68. The molecule has 51 heavy (non-hydrogen) atoms. The summed E-state index contributed by atoms with van der Waals surface area (Å²) in [6.07, 6.45) is 38.9. The second-order valence-corrected chi connectivity index (χ2v) is 15.4. The summed E-state index contributed by atoms with van der Waals surface area (Å²) in [5, 5.41) is 0. The fourth-order valence-electron chi connectivity index (χ4n) is 7.89. The molecule has 0 atom stereocenters. The Morgan fingerprint density at radius 2 is 0.961 bits per heavy atom. The zero-order valence-corrected chi connectivity index (χ0v) is 34.4. The van der Waals surface area contributed by atoms with Gasteiger partial charge >= 0.3 is 0 Å². The summed E-state index contributed by atoms with van der Waals surface area (Å²) in [5.74, 6) is 1.96. The first-order valence-electron chi connectivity index (χ1n) is 21.9. The van der Waals surface area contributed by atoms with E-state index in [9.17, 15) is 0 Å². The normalized spacial score (nSPS) is 13.5. The van der Waals surface area contributed by atoms with Gasteiger partial charge in [-0.3, -0.25) is 0 Å². The van der Waals surface area contributed by atoms with Gasteiger partial charge in [-0.2, -0.15) is 0 Å². The Morgan fingerprint density at radius 3 is 1.43 bits per heavy atom. The van der Waals surface area contributed by atoms with Gasteiger partial charge in [-0.05, 0) is 49.0 Å². The molecule has 0 fully saturated rings. The highest BCUT2D eigenvalue weighted by molar-refractivity contribution is 6.16. The summed E-state index contributed by atoms with van der Waals surface area (Å²) < 4.78 is 15.0. The van der Waals surface area contributed by atoms with Crippen LogP contribution in [0.5, 0.6) is 5.75 Å². The van der Waals surface area contributed by atoms with Gasteiger partial charge in [-0.25, -0.2) is 4.58 Å². The zero-order chi connectivity index (χ0) is 36.5. The van der Waals surface area contributed by atoms with Crippen molar-refractivity contribution < 1.29 is 14.0 Å². The lowest BCUT2D eigenvalue weighted by Crippen LogP contribution is -2.26. The monoisotopic (exact) mass is 704 g/mol.